The summed E-state index contributed by atoms with van der Waals surface area (Å²) in [5, 5.41) is 6.75. The first-order chi connectivity index (χ1) is 12.6. The van der Waals surface area contributed by atoms with Crippen molar-refractivity contribution >= 4 is 5.91 Å². The van der Waals surface area contributed by atoms with E-state index in [2.05, 4.69) is 66.9 Å². The Morgan fingerprint density at radius 3 is 2.73 bits per heavy atom. The van der Waals surface area contributed by atoms with Gasteiger partial charge < -0.3 is 10.6 Å². The molecule has 2 N–H and O–H groups in total. The van der Waals surface area contributed by atoms with E-state index in [0.717, 1.165) is 32.2 Å². The van der Waals surface area contributed by atoms with E-state index in [9.17, 15) is 4.79 Å². The maximum Gasteiger partial charge on any atom is 0.237 e. The van der Waals surface area contributed by atoms with E-state index in [1.165, 1.54) is 27.8 Å². The predicted molar refractivity (Wildman–Crippen MR) is 105 cm³/mol. The van der Waals surface area contributed by atoms with Crippen LogP contribution >= 0.6 is 0 Å². The fourth-order valence-electron chi connectivity index (χ4n) is 4.24. The number of benzene rings is 2. The second kappa shape index (κ2) is 7.24. The third-order valence-electron chi connectivity index (χ3n) is 5.87. The summed E-state index contributed by atoms with van der Waals surface area (Å²) in [4.78, 5) is 12.9. The quantitative estimate of drug-likeness (QED) is 0.880. The molecule has 2 aromatic rings. The molecule has 2 atom stereocenters. The Bertz CT molecular complexity index is 812. The van der Waals surface area contributed by atoms with Gasteiger partial charge in [0.05, 0.1) is 12.1 Å². The average Bonchev–Trinajstić information content (AvgIpc) is 2.67. The van der Waals surface area contributed by atoms with Crippen LogP contribution in [0, 0.1) is 0 Å². The molecule has 2 unspecified atom stereocenters. The smallest absolute Gasteiger partial charge is 0.237 e. The first-order valence-electron chi connectivity index (χ1n) is 9.85. The standard InChI is InChI=1S/C23H28N2O/c1-15(2)17-11-10-16-8-5-9-21(20(16)12-17)25-23(26)22-13-18-6-3-4-7-19(18)14-24-22/h3-4,6-7,10-12,15,21-22,24H,5,8-9,13-14H2,1-2H3,(H,25,26). The fourth-order valence-corrected chi connectivity index (χ4v) is 4.24. The highest BCUT2D eigenvalue weighted by Crippen LogP contribution is 2.32. The lowest BCUT2D eigenvalue weighted by Gasteiger charge is -2.31. The van der Waals surface area contributed by atoms with E-state index in [-0.39, 0.29) is 18.0 Å². The predicted octanol–water partition coefficient (Wildman–Crippen LogP) is 4.02. The molecule has 4 rings (SSSR count). The molecule has 0 saturated carbocycles. The lowest BCUT2D eigenvalue weighted by atomic mass is 9.84. The van der Waals surface area contributed by atoms with Crippen LogP contribution in [-0.2, 0) is 24.2 Å². The number of fused-ring (bicyclic) bond motifs is 2. The molecule has 0 radical (unpaired) electrons. The normalized spacial score (nSPS) is 21.8. The van der Waals surface area contributed by atoms with Crippen LogP contribution in [-0.4, -0.2) is 11.9 Å². The van der Waals surface area contributed by atoms with E-state index in [4.69, 9.17) is 0 Å². The number of carbonyl (C=O) groups excluding carboxylic acids is 1. The largest absolute Gasteiger partial charge is 0.348 e. The number of rotatable bonds is 3. The lowest BCUT2D eigenvalue weighted by molar-refractivity contribution is -0.124. The Kier molecular flexibility index (Phi) is 4.82. The van der Waals surface area contributed by atoms with E-state index < -0.39 is 0 Å². The molecule has 1 aliphatic carbocycles. The Morgan fingerprint density at radius 1 is 1.12 bits per heavy atom. The molecular weight excluding hydrogens is 320 g/mol. The van der Waals surface area contributed by atoms with Gasteiger partial charge in [-0.25, -0.2) is 0 Å². The van der Waals surface area contributed by atoms with Gasteiger partial charge in [-0.1, -0.05) is 56.3 Å². The van der Waals surface area contributed by atoms with Crippen LogP contribution in [0.2, 0.25) is 0 Å². The van der Waals surface area contributed by atoms with Crippen molar-refractivity contribution in [1.29, 1.82) is 0 Å². The van der Waals surface area contributed by atoms with Gasteiger partial charge in [-0.15, -0.1) is 0 Å². The molecule has 1 amide bonds. The summed E-state index contributed by atoms with van der Waals surface area (Å²) in [6, 6.07) is 15.2. The second-order valence-corrected chi connectivity index (χ2v) is 7.97. The van der Waals surface area contributed by atoms with Crippen LogP contribution < -0.4 is 10.6 Å². The Hall–Kier alpha value is -2.13. The maximum absolute atomic E-state index is 12.9. The molecule has 136 valence electrons. The summed E-state index contributed by atoms with van der Waals surface area (Å²) in [6.45, 7) is 5.22. The van der Waals surface area contributed by atoms with Gasteiger partial charge in [-0.05, 0) is 59.4 Å². The summed E-state index contributed by atoms with van der Waals surface area (Å²) < 4.78 is 0. The first-order valence-corrected chi connectivity index (χ1v) is 9.85. The fraction of sp³-hybridized carbons (Fsp3) is 0.435. The van der Waals surface area contributed by atoms with E-state index in [1.807, 2.05) is 0 Å². The van der Waals surface area contributed by atoms with Gasteiger partial charge >= 0.3 is 0 Å². The minimum atomic E-state index is -0.136. The Morgan fingerprint density at radius 2 is 1.92 bits per heavy atom. The highest BCUT2D eigenvalue weighted by atomic mass is 16.2. The minimum absolute atomic E-state index is 0.132. The van der Waals surface area contributed by atoms with Gasteiger partial charge in [0.15, 0.2) is 0 Å². The van der Waals surface area contributed by atoms with Crippen molar-refractivity contribution in [2.75, 3.05) is 0 Å². The van der Waals surface area contributed by atoms with Crippen LogP contribution in [0.25, 0.3) is 0 Å². The monoisotopic (exact) mass is 348 g/mol. The van der Waals surface area contributed by atoms with Crippen molar-refractivity contribution < 1.29 is 4.79 Å². The molecule has 0 bridgehead atoms. The van der Waals surface area contributed by atoms with Crippen molar-refractivity contribution in [3.63, 3.8) is 0 Å². The molecule has 1 heterocycles. The highest BCUT2D eigenvalue weighted by Gasteiger charge is 2.28. The third-order valence-corrected chi connectivity index (χ3v) is 5.87. The van der Waals surface area contributed by atoms with Crippen molar-refractivity contribution in [3.8, 4) is 0 Å². The molecule has 0 fully saturated rings. The maximum atomic E-state index is 12.9. The summed E-state index contributed by atoms with van der Waals surface area (Å²) in [5.41, 5.74) is 6.67. The van der Waals surface area contributed by atoms with Crippen LogP contribution in [0.4, 0.5) is 0 Å². The van der Waals surface area contributed by atoms with Crippen molar-refractivity contribution in [3.05, 3.63) is 70.3 Å². The van der Waals surface area contributed by atoms with Crippen LogP contribution in [0.1, 0.15) is 66.5 Å². The van der Waals surface area contributed by atoms with Crippen LogP contribution in [0.3, 0.4) is 0 Å². The number of nitrogens with one attached hydrogen (secondary N) is 2. The number of hydrogen-bond donors (Lipinski definition) is 2. The van der Waals surface area contributed by atoms with E-state index in [0.29, 0.717) is 5.92 Å². The third kappa shape index (κ3) is 3.41. The van der Waals surface area contributed by atoms with Gasteiger partial charge in [0.2, 0.25) is 5.91 Å². The molecule has 2 aromatic carbocycles. The number of aryl methyl sites for hydroxylation is 1. The van der Waals surface area contributed by atoms with Gasteiger partial charge in [0, 0.05) is 6.54 Å². The van der Waals surface area contributed by atoms with Gasteiger partial charge in [0.1, 0.15) is 0 Å². The number of amides is 1. The number of carbonyl (C=O) groups is 1. The summed E-state index contributed by atoms with van der Waals surface area (Å²) in [6.07, 6.45) is 4.06. The molecule has 26 heavy (non-hydrogen) atoms. The summed E-state index contributed by atoms with van der Waals surface area (Å²) in [5.74, 6) is 0.641. The van der Waals surface area contributed by atoms with Crippen molar-refractivity contribution in [2.45, 2.75) is 64.1 Å². The van der Waals surface area contributed by atoms with Gasteiger partial charge in [0.25, 0.3) is 0 Å². The highest BCUT2D eigenvalue weighted by molar-refractivity contribution is 5.83. The SMILES string of the molecule is CC(C)c1ccc2c(c1)C(NC(=O)C1Cc3ccccc3CN1)CCC2. The topological polar surface area (TPSA) is 41.1 Å². The second-order valence-electron chi connectivity index (χ2n) is 7.97. The Balaban J connectivity index is 1.50. The first kappa shape index (κ1) is 17.3. The summed E-state index contributed by atoms with van der Waals surface area (Å²) >= 11 is 0. The zero-order valence-corrected chi connectivity index (χ0v) is 15.7. The molecule has 3 nitrogen and oxygen atoms in total. The molecule has 1 aliphatic heterocycles. The molecule has 0 aromatic heterocycles. The minimum Gasteiger partial charge on any atom is -0.348 e. The lowest BCUT2D eigenvalue weighted by Crippen LogP contribution is -2.48. The van der Waals surface area contributed by atoms with Crippen LogP contribution in [0.5, 0.6) is 0 Å². The molecule has 0 saturated heterocycles. The molecule has 3 heteroatoms. The van der Waals surface area contributed by atoms with E-state index in [1.54, 1.807) is 0 Å². The van der Waals surface area contributed by atoms with Crippen molar-refractivity contribution in [2.24, 2.45) is 0 Å². The average molecular weight is 348 g/mol. The summed E-state index contributed by atoms with van der Waals surface area (Å²) in [7, 11) is 0. The molecule has 0 spiro atoms. The van der Waals surface area contributed by atoms with E-state index >= 15 is 0 Å². The van der Waals surface area contributed by atoms with Gasteiger partial charge in [-0.2, -0.15) is 0 Å². The molecule has 2 aliphatic rings. The Labute approximate surface area is 156 Å². The van der Waals surface area contributed by atoms with Crippen LogP contribution in [0.15, 0.2) is 42.5 Å². The van der Waals surface area contributed by atoms with Crippen molar-refractivity contribution in [1.82, 2.24) is 10.6 Å². The number of hydrogen-bond acceptors (Lipinski definition) is 2. The molecular formula is C23H28N2O. The zero-order valence-electron chi connectivity index (χ0n) is 15.7. The van der Waals surface area contributed by atoms with Gasteiger partial charge in [-0.3, -0.25) is 4.79 Å². The zero-order chi connectivity index (χ0) is 18.1.